The molecule has 3 aromatic rings. The van der Waals surface area contributed by atoms with Gasteiger partial charge in [0.25, 0.3) is 5.91 Å². The van der Waals surface area contributed by atoms with E-state index < -0.39 is 11.9 Å². The fourth-order valence-electron chi connectivity index (χ4n) is 4.84. The van der Waals surface area contributed by atoms with Gasteiger partial charge in [0.05, 0.1) is 10.6 Å². The third-order valence-corrected chi connectivity index (χ3v) is 7.63. The first-order chi connectivity index (χ1) is 16.9. The summed E-state index contributed by atoms with van der Waals surface area (Å²) in [6.07, 6.45) is -2.30. The fourth-order valence-corrected chi connectivity index (χ4v) is 5.42. The summed E-state index contributed by atoms with van der Waals surface area (Å²) in [7, 11) is 1.65. The minimum atomic E-state index is -4.55. The lowest BCUT2D eigenvalue weighted by molar-refractivity contribution is -0.141. The van der Waals surface area contributed by atoms with Crippen molar-refractivity contribution in [1.82, 2.24) is 14.5 Å². The van der Waals surface area contributed by atoms with E-state index in [1.165, 1.54) is 0 Å². The zero-order chi connectivity index (χ0) is 26.4. The lowest BCUT2D eigenvalue weighted by atomic mass is 9.91. The Hall–Kier alpha value is -2.58. The second-order valence-corrected chi connectivity index (χ2v) is 10.2. The topological polar surface area (TPSA) is 55.2 Å². The first-order valence-corrected chi connectivity index (χ1v) is 12.4. The molecule has 0 radical (unpaired) electrons. The summed E-state index contributed by atoms with van der Waals surface area (Å²) in [5, 5.41) is 1.19. The Balaban J connectivity index is 1.62. The molecule has 0 aliphatic carbocycles. The number of piperidine rings is 1. The maximum absolute atomic E-state index is 13.3. The average Bonchev–Trinajstić information content (AvgIpc) is 3.12. The number of pyridine rings is 1. The monoisotopic (exact) mass is 539 g/mol. The van der Waals surface area contributed by atoms with Crippen LogP contribution in [0.5, 0.6) is 0 Å². The zero-order valence-electron chi connectivity index (χ0n) is 20.2. The van der Waals surface area contributed by atoms with E-state index in [0.29, 0.717) is 52.3 Å². The molecule has 0 bridgehead atoms. The number of hydrogen-bond acceptors (Lipinski definition) is 3. The molecule has 192 valence electrons. The molecule has 0 spiro atoms. The predicted octanol–water partition coefficient (Wildman–Crippen LogP) is 6.63. The van der Waals surface area contributed by atoms with Gasteiger partial charge in [0, 0.05) is 49.1 Å². The second kappa shape index (κ2) is 10.1. The van der Waals surface area contributed by atoms with Crippen LogP contribution in [0.25, 0.3) is 11.0 Å². The van der Waals surface area contributed by atoms with E-state index in [1.807, 2.05) is 0 Å². The summed E-state index contributed by atoms with van der Waals surface area (Å²) < 4.78 is 41.4. The van der Waals surface area contributed by atoms with Crippen LogP contribution in [-0.2, 0) is 24.4 Å². The Morgan fingerprint density at radius 2 is 1.81 bits per heavy atom. The molecule has 0 unspecified atom stereocenters. The molecule has 0 saturated carbocycles. The lowest BCUT2D eigenvalue weighted by Crippen LogP contribution is -2.39. The van der Waals surface area contributed by atoms with Gasteiger partial charge in [-0.25, -0.2) is 4.98 Å². The fraction of sp³-hybridized carbons (Fsp3) is 0.423. The number of carbonyl (C=O) groups is 2. The molecule has 36 heavy (non-hydrogen) atoms. The maximum atomic E-state index is 13.3. The number of aryl methyl sites for hydroxylation is 2. The van der Waals surface area contributed by atoms with Gasteiger partial charge in [-0.1, -0.05) is 23.2 Å². The number of rotatable bonds is 5. The molecule has 5 nitrogen and oxygen atoms in total. The third kappa shape index (κ3) is 5.25. The number of likely N-dealkylation sites (tertiary alicyclic amines) is 1. The normalized spacial score (nSPS) is 15.1. The van der Waals surface area contributed by atoms with Crippen molar-refractivity contribution in [3.63, 3.8) is 0 Å². The zero-order valence-corrected chi connectivity index (χ0v) is 21.7. The first kappa shape index (κ1) is 26.5. The summed E-state index contributed by atoms with van der Waals surface area (Å²) in [6.45, 7) is 4.28. The van der Waals surface area contributed by atoms with Crippen LogP contribution in [0, 0.1) is 12.8 Å². The largest absolute Gasteiger partial charge is 0.433 e. The van der Waals surface area contributed by atoms with E-state index in [1.54, 1.807) is 48.6 Å². The third-order valence-electron chi connectivity index (χ3n) is 6.85. The van der Waals surface area contributed by atoms with Crippen LogP contribution in [0.15, 0.2) is 24.3 Å². The summed E-state index contributed by atoms with van der Waals surface area (Å²) in [5.74, 6) is 0.228. The number of nitrogens with zero attached hydrogens (tertiary/aromatic N) is 3. The highest BCUT2D eigenvalue weighted by atomic mass is 35.5. The van der Waals surface area contributed by atoms with Crippen molar-refractivity contribution in [2.24, 2.45) is 13.0 Å². The Morgan fingerprint density at radius 1 is 1.14 bits per heavy atom. The molecule has 1 fully saturated rings. The molecule has 10 heteroatoms. The molecule has 0 N–H and O–H groups in total. The Labute approximate surface area is 217 Å². The number of ketones is 1. The number of hydrogen-bond donors (Lipinski definition) is 0. The van der Waals surface area contributed by atoms with E-state index >= 15 is 0 Å². The summed E-state index contributed by atoms with van der Waals surface area (Å²) in [4.78, 5) is 30.2. The molecule has 3 heterocycles. The highest BCUT2D eigenvalue weighted by Gasteiger charge is 2.34. The first-order valence-electron chi connectivity index (χ1n) is 11.7. The average molecular weight is 540 g/mol. The molecule has 1 aliphatic rings. The molecule has 0 atom stereocenters. The van der Waals surface area contributed by atoms with Gasteiger partial charge in [0.1, 0.15) is 17.1 Å². The van der Waals surface area contributed by atoms with Gasteiger partial charge < -0.3 is 14.3 Å². The van der Waals surface area contributed by atoms with Crippen molar-refractivity contribution >= 4 is 45.9 Å². The van der Waals surface area contributed by atoms with Gasteiger partial charge in [-0.2, -0.15) is 13.2 Å². The standard InChI is InChI=1S/C26H26Cl2F3N3O2/c1-14-10-22(26(29,30)31)32-24-19(14)12-17(33(24)3)13-20-21(27)5-4-18(23(20)28)25(36)34-8-6-16(7-9-34)11-15(2)35/h4-5,10,12,16H,6-9,11,13H2,1-3H3. The van der Waals surface area contributed by atoms with Crippen molar-refractivity contribution in [2.45, 2.75) is 45.7 Å². The van der Waals surface area contributed by atoms with Crippen LogP contribution in [0.1, 0.15) is 59.1 Å². The second-order valence-electron chi connectivity index (χ2n) is 9.46. The van der Waals surface area contributed by atoms with Crippen LogP contribution >= 0.6 is 23.2 Å². The van der Waals surface area contributed by atoms with Crippen molar-refractivity contribution < 1.29 is 22.8 Å². The maximum Gasteiger partial charge on any atom is 0.433 e. The van der Waals surface area contributed by atoms with E-state index in [9.17, 15) is 22.8 Å². The molecule has 1 aliphatic heterocycles. The molecular formula is C26H26Cl2F3N3O2. The number of amides is 1. The number of carbonyl (C=O) groups excluding carboxylic acids is 2. The number of halogens is 5. The van der Waals surface area contributed by atoms with Crippen LogP contribution in [0.2, 0.25) is 10.0 Å². The van der Waals surface area contributed by atoms with Gasteiger partial charge in [-0.15, -0.1) is 0 Å². The molecule has 1 amide bonds. The molecular weight excluding hydrogens is 514 g/mol. The number of alkyl halides is 3. The summed E-state index contributed by atoms with van der Waals surface area (Å²) >= 11 is 13.2. The summed E-state index contributed by atoms with van der Waals surface area (Å²) in [6, 6.07) is 6.02. The van der Waals surface area contributed by atoms with Gasteiger partial charge in [-0.05, 0) is 68.0 Å². The van der Waals surface area contributed by atoms with Crippen molar-refractivity contribution in [3.8, 4) is 0 Å². The Morgan fingerprint density at radius 3 is 2.42 bits per heavy atom. The summed E-state index contributed by atoms with van der Waals surface area (Å²) in [5.41, 5.74) is 1.24. The molecule has 1 aromatic carbocycles. The lowest BCUT2D eigenvalue weighted by Gasteiger charge is -2.32. The van der Waals surface area contributed by atoms with Crippen LogP contribution in [0.3, 0.4) is 0 Å². The Kier molecular flexibility index (Phi) is 7.40. The SMILES string of the molecule is CC(=O)CC1CCN(C(=O)c2ccc(Cl)c(Cc3cc4c(C)cc(C(F)(F)F)nc4n3C)c2Cl)CC1. The smallest absolute Gasteiger partial charge is 0.339 e. The van der Waals surface area contributed by atoms with Crippen molar-refractivity contribution in [3.05, 3.63) is 62.4 Å². The quantitative estimate of drug-likeness (QED) is 0.365. The molecule has 1 saturated heterocycles. The van der Waals surface area contributed by atoms with Gasteiger partial charge in [0.2, 0.25) is 0 Å². The number of aromatic nitrogens is 2. The van der Waals surface area contributed by atoms with E-state index in [-0.39, 0.29) is 34.7 Å². The number of fused-ring (bicyclic) bond motifs is 1. The predicted molar refractivity (Wildman–Crippen MR) is 134 cm³/mol. The van der Waals surface area contributed by atoms with Gasteiger partial charge in [-0.3, -0.25) is 4.79 Å². The molecule has 2 aromatic heterocycles. The number of benzene rings is 1. The van der Waals surface area contributed by atoms with Crippen LogP contribution in [-0.4, -0.2) is 39.2 Å². The van der Waals surface area contributed by atoms with Crippen LogP contribution in [0.4, 0.5) is 13.2 Å². The minimum Gasteiger partial charge on any atom is -0.339 e. The highest BCUT2D eigenvalue weighted by molar-refractivity contribution is 6.38. The van der Waals surface area contributed by atoms with E-state index in [0.717, 1.165) is 18.9 Å². The minimum absolute atomic E-state index is 0.151. The van der Waals surface area contributed by atoms with Crippen molar-refractivity contribution in [1.29, 1.82) is 0 Å². The van der Waals surface area contributed by atoms with Crippen molar-refractivity contribution in [2.75, 3.05) is 13.1 Å². The van der Waals surface area contributed by atoms with E-state index in [2.05, 4.69) is 4.98 Å². The van der Waals surface area contributed by atoms with Crippen LogP contribution < -0.4 is 0 Å². The number of Topliss-reactive ketones (excluding diaryl/α,β-unsaturated/α-hetero) is 1. The van der Waals surface area contributed by atoms with E-state index in [4.69, 9.17) is 23.2 Å². The van der Waals surface area contributed by atoms with Gasteiger partial charge in [0.15, 0.2) is 0 Å². The molecule has 4 rings (SSSR count). The highest BCUT2D eigenvalue weighted by Crippen LogP contribution is 2.35. The van der Waals surface area contributed by atoms with Gasteiger partial charge >= 0.3 is 6.18 Å². The Bertz CT molecular complexity index is 1340.